The largest absolute Gasteiger partial charge is 0.379 e. The number of nitrogens with one attached hydrogen (secondary N) is 2. The minimum absolute atomic E-state index is 0.586. The van der Waals surface area contributed by atoms with E-state index in [9.17, 15) is 0 Å². The van der Waals surface area contributed by atoms with Gasteiger partial charge in [-0.15, -0.1) is 6.58 Å². The van der Waals surface area contributed by atoms with E-state index in [4.69, 9.17) is 4.74 Å². The monoisotopic (exact) mass is 213 g/mol. The molecule has 0 spiro atoms. The van der Waals surface area contributed by atoms with Gasteiger partial charge >= 0.3 is 0 Å². The standard InChI is InChI=1S/C11H23N3O/c1-5-6-13-11(12-4)14-7-8-15-9-10(2)3/h5,10H,1,6-9H2,2-4H3,(H2,12,13,14). The van der Waals surface area contributed by atoms with Crippen molar-refractivity contribution in [3.63, 3.8) is 0 Å². The Kier molecular flexibility index (Phi) is 8.87. The van der Waals surface area contributed by atoms with Crippen molar-refractivity contribution in [2.45, 2.75) is 13.8 Å². The van der Waals surface area contributed by atoms with E-state index >= 15 is 0 Å². The van der Waals surface area contributed by atoms with Crippen LogP contribution >= 0.6 is 0 Å². The third-order valence-corrected chi connectivity index (χ3v) is 1.63. The highest BCUT2D eigenvalue weighted by Gasteiger charge is 1.96. The first-order valence-corrected chi connectivity index (χ1v) is 5.33. The molecule has 0 bridgehead atoms. The summed E-state index contributed by atoms with van der Waals surface area (Å²) in [6.07, 6.45) is 1.79. The summed E-state index contributed by atoms with van der Waals surface area (Å²) in [5.74, 6) is 1.37. The van der Waals surface area contributed by atoms with Gasteiger partial charge in [0.15, 0.2) is 5.96 Å². The highest BCUT2D eigenvalue weighted by Crippen LogP contribution is 1.90. The molecule has 0 aliphatic heterocycles. The van der Waals surface area contributed by atoms with Gasteiger partial charge < -0.3 is 15.4 Å². The van der Waals surface area contributed by atoms with Crippen LogP contribution in [0.1, 0.15) is 13.8 Å². The first kappa shape index (κ1) is 14.0. The summed E-state index contributed by atoms with van der Waals surface area (Å²) in [6.45, 7) is 10.9. The van der Waals surface area contributed by atoms with E-state index in [-0.39, 0.29) is 0 Å². The van der Waals surface area contributed by atoms with E-state index in [1.807, 2.05) is 0 Å². The molecule has 0 fully saturated rings. The van der Waals surface area contributed by atoms with Crippen molar-refractivity contribution < 1.29 is 4.74 Å². The summed E-state index contributed by atoms with van der Waals surface area (Å²) in [7, 11) is 1.74. The maximum Gasteiger partial charge on any atom is 0.191 e. The van der Waals surface area contributed by atoms with Gasteiger partial charge in [0.25, 0.3) is 0 Å². The Morgan fingerprint density at radius 1 is 1.47 bits per heavy atom. The van der Waals surface area contributed by atoms with Gasteiger partial charge in [0, 0.05) is 26.7 Å². The van der Waals surface area contributed by atoms with Gasteiger partial charge in [-0.1, -0.05) is 19.9 Å². The molecule has 0 heterocycles. The zero-order valence-corrected chi connectivity index (χ0v) is 10.0. The Labute approximate surface area is 92.8 Å². The van der Waals surface area contributed by atoms with Crippen LogP contribution in [-0.2, 0) is 4.74 Å². The summed E-state index contributed by atoms with van der Waals surface area (Å²) >= 11 is 0. The molecule has 0 aromatic heterocycles. The predicted molar refractivity (Wildman–Crippen MR) is 65.2 cm³/mol. The average molecular weight is 213 g/mol. The maximum absolute atomic E-state index is 5.43. The molecule has 0 saturated heterocycles. The van der Waals surface area contributed by atoms with Gasteiger partial charge in [-0.2, -0.15) is 0 Å². The summed E-state index contributed by atoms with van der Waals surface area (Å²) in [5.41, 5.74) is 0. The van der Waals surface area contributed by atoms with Gasteiger partial charge in [-0.05, 0) is 5.92 Å². The molecule has 0 rings (SSSR count). The van der Waals surface area contributed by atoms with E-state index in [1.54, 1.807) is 13.1 Å². The average Bonchev–Trinajstić information content (AvgIpc) is 2.21. The maximum atomic E-state index is 5.43. The highest BCUT2D eigenvalue weighted by molar-refractivity contribution is 5.79. The van der Waals surface area contributed by atoms with Crippen molar-refractivity contribution >= 4 is 5.96 Å². The summed E-state index contributed by atoms with van der Waals surface area (Å²) in [6, 6.07) is 0. The zero-order valence-electron chi connectivity index (χ0n) is 10.0. The minimum atomic E-state index is 0.586. The topological polar surface area (TPSA) is 45.7 Å². The smallest absolute Gasteiger partial charge is 0.191 e. The van der Waals surface area contributed by atoms with Gasteiger partial charge in [0.2, 0.25) is 0 Å². The van der Waals surface area contributed by atoms with Crippen LogP contribution in [0.25, 0.3) is 0 Å². The van der Waals surface area contributed by atoms with Gasteiger partial charge in [-0.3, -0.25) is 4.99 Å². The Bertz CT molecular complexity index is 190. The molecule has 0 aromatic rings. The Hall–Kier alpha value is -1.03. The Balaban J connectivity index is 3.43. The van der Waals surface area contributed by atoms with Crippen LogP contribution in [0.3, 0.4) is 0 Å². The minimum Gasteiger partial charge on any atom is -0.379 e. The van der Waals surface area contributed by atoms with Crippen LogP contribution in [0.15, 0.2) is 17.6 Å². The molecule has 0 unspecified atom stereocenters. The molecule has 2 N–H and O–H groups in total. The fourth-order valence-corrected chi connectivity index (χ4v) is 0.950. The second kappa shape index (κ2) is 9.52. The molecule has 0 aromatic carbocycles. The number of hydrogen-bond donors (Lipinski definition) is 2. The lowest BCUT2D eigenvalue weighted by Crippen LogP contribution is -2.39. The number of nitrogens with zero attached hydrogens (tertiary/aromatic N) is 1. The second-order valence-corrected chi connectivity index (χ2v) is 3.64. The SMILES string of the molecule is C=CCNC(=NC)NCCOCC(C)C. The lowest BCUT2D eigenvalue weighted by atomic mass is 10.2. The number of ether oxygens (including phenoxy) is 1. The number of rotatable bonds is 7. The molecule has 0 atom stereocenters. The fourth-order valence-electron chi connectivity index (χ4n) is 0.950. The third kappa shape index (κ3) is 9.28. The van der Waals surface area contributed by atoms with Crippen molar-refractivity contribution in [2.24, 2.45) is 10.9 Å². The van der Waals surface area contributed by atoms with E-state index in [1.165, 1.54) is 0 Å². The Morgan fingerprint density at radius 3 is 2.73 bits per heavy atom. The first-order chi connectivity index (χ1) is 7.20. The molecule has 0 amide bonds. The van der Waals surface area contributed by atoms with E-state index in [0.717, 1.165) is 19.1 Å². The van der Waals surface area contributed by atoms with Crippen molar-refractivity contribution in [3.05, 3.63) is 12.7 Å². The van der Waals surface area contributed by atoms with Crippen LogP contribution in [-0.4, -0.2) is 39.3 Å². The van der Waals surface area contributed by atoms with Crippen molar-refractivity contribution in [3.8, 4) is 0 Å². The first-order valence-electron chi connectivity index (χ1n) is 5.33. The molecule has 15 heavy (non-hydrogen) atoms. The van der Waals surface area contributed by atoms with Gasteiger partial charge in [0.05, 0.1) is 6.61 Å². The molecular formula is C11H23N3O. The Morgan fingerprint density at radius 2 is 2.20 bits per heavy atom. The van der Waals surface area contributed by atoms with Crippen molar-refractivity contribution in [1.29, 1.82) is 0 Å². The predicted octanol–water partition coefficient (Wildman–Crippen LogP) is 1.01. The van der Waals surface area contributed by atoms with E-state index in [0.29, 0.717) is 19.1 Å². The second-order valence-electron chi connectivity index (χ2n) is 3.64. The summed E-state index contributed by atoms with van der Waals surface area (Å²) in [4.78, 5) is 4.05. The van der Waals surface area contributed by atoms with Crippen molar-refractivity contribution in [2.75, 3.05) is 33.4 Å². The molecule has 0 aliphatic rings. The van der Waals surface area contributed by atoms with Crippen LogP contribution in [0, 0.1) is 5.92 Å². The number of hydrogen-bond acceptors (Lipinski definition) is 2. The normalized spacial score (nSPS) is 11.6. The molecular weight excluding hydrogens is 190 g/mol. The van der Waals surface area contributed by atoms with Crippen molar-refractivity contribution in [1.82, 2.24) is 10.6 Å². The quantitative estimate of drug-likeness (QED) is 0.287. The lowest BCUT2D eigenvalue weighted by Gasteiger charge is -2.11. The number of aliphatic imine (C=N–C) groups is 1. The van der Waals surface area contributed by atoms with Crippen LogP contribution in [0.2, 0.25) is 0 Å². The lowest BCUT2D eigenvalue weighted by molar-refractivity contribution is 0.114. The van der Waals surface area contributed by atoms with Crippen LogP contribution < -0.4 is 10.6 Å². The molecule has 0 radical (unpaired) electrons. The third-order valence-electron chi connectivity index (χ3n) is 1.63. The van der Waals surface area contributed by atoms with Gasteiger partial charge in [0.1, 0.15) is 0 Å². The molecule has 4 heteroatoms. The van der Waals surface area contributed by atoms with Gasteiger partial charge in [-0.25, -0.2) is 0 Å². The van der Waals surface area contributed by atoms with E-state index in [2.05, 4.69) is 36.1 Å². The summed E-state index contributed by atoms with van der Waals surface area (Å²) in [5, 5.41) is 6.23. The fraction of sp³-hybridized carbons (Fsp3) is 0.727. The molecule has 4 nitrogen and oxygen atoms in total. The van der Waals surface area contributed by atoms with E-state index < -0.39 is 0 Å². The van der Waals surface area contributed by atoms with Crippen LogP contribution in [0.5, 0.6) is 0 Å². The zero-order chi connectivity index (χ0) is 11.5. The summed E-state index contributed by atoms with van der Waals surface area (Å²) < 4.78 is 5.43. The molecule has 88 valence electrons. The van der Waals surface area contributed by atoms with Crippen LogP contribution in [0.4, 0.5) is 0 Å². The molecule has 0 saturated carbocycles. The molecule has 0 aliphatic carbocycles. The number of guanidine groups is 1. The highest BCUT2D eigenvalue weighted by atomic mass is 16.5.